The second-order valence-corrected chi connectivity index (χ2v) is 5.89. The molecule has 0 spiro atoms. The van der Waals surface area contributed by atoms with Crippen LogP contribution in [0.2, 0.25) is 10.0 Å². The summed E-state index contributed by atoms with van der Waals surface area (Å²) in [5.74, 6) is -1.20. The summed E-state index contributed by atoms with van der Waals surface area (Å²) in [5.41, 5.74) is 0.535. The Morgan fingerprint density at radius 1 is 1.17 bits per heavy atom. The highest BCUT2D eigenvalue weighted by Gasteiger charge is 2.31. The Morgan fingerprint density at radius 3 is 2.57 bits per heavy atom. The van der Waals surface area contributed by atoms with Crippen LogP contribution in [0.5, 0.6) is 5.75 Å². The van der Waals surface area contributed by atoms with Crippen LogP contribution in [-0.2, 0) is 4.79 Å². The Hall–Kier alpha value is -2.11. The molecule has 0 saturated carbocycles. The molecule has 1 N–H and O–H groups in total. The van der Waals surface area contributed by atoms with E-state index >= 15 is 0 Å². The van der Waals surface area contributed by atoms with Crippen molar-refractivity contribution < 1.29 is 18.7 Å². The average molecular weight is 354 g/mol. The van der Waals surface area contributed by atoms with Gasteiger partial charge in [0.05, 0.1) is 12.0 Å². The molecular formula is C16H10Cl2FNO3. The molecule has 7 heteroatoms. The standard InChI is InChI=1S/C16H10Cl2FNO3/c17-8-3-9(18)5-11(4-8)20-16(22)15-7-13(21)12-6-10(19)1-2-14(12)23-15/h1-6,15H,7H2,(H,20,22). The van der Waals surface area contributed by atoms with E-state index < -0.39 is 17.8 Å². The maximum absolute atomic E-state index is 13.2. The van der Waals surface area contributed by atoms with Crippen LogP contribution in [-0.4, -0.2) is 17.8 Å². The minimum Gasteiger partial charge on any atom is -0.479 e. The van der Waals surface area contributed by atoms with E-state index in [-0.39, 0.29) is 23.5 Å². The molecule has 0 saturated heterocycles. The molecule has 4 nitrogen and oxygen atoms in total. The third kappa shape index (κ3) is 3.46. The number of fused-ring (bicyclic) bond motifs is 1. The van der Waals surface area contributed by atoms with Crippen molar-refractivity contribution in [2.45, 2.75) is 12.5 Å². The summed E-state index contributed by atoms with van der Waals surface area (Å²) >= 11 is 11.7. The summed E-state index contributed by atoms with van der Waals surface area (Å²) in [6.07, 6.45) is -1.17. The van der Waals surface area contributed by atoms with E-state index in [1.807, 2.05) is 0 Å². The largest absolute Gasteiger partial charge is 0.479 e. The number of rotatable bonds is 2. The highest BCUT2D eigenvalue weighted by molar-refractivity contribution is 6.35. The molecule has 1 amide bonds. The number of amides is 1. The molecule has 3 rings (SSSR count). The number of anilines is 1. The van der Waals surface area contributed by atoms with Crippen LogP contribution in [0.1, 0.15) is 16.8 Å². The predicted octanol–water partition coefficient (Wildman–Crippen LogP) is 4.11. The van der Waals surface area contributed by atoms with Gasteiger partial charge >= 0.3 is 0 Å². The lowest BCUT2D eigenvalue weighted by atomic mass is 10.00. The van der Waals surface area contributed by atoms with Gasteiger partial charge in [-0.2, -0.15) is 0 Å². The number of hydrogen-bond donors (Lipinski definition) is 1. The zero-order valence-electron chi connectivity index (χ0n) is 11.6. The van der Waals surface area contributed by atoms with Gasteiger partial charge < -0.3 is 10.1 Å². The number of carbonyl (C=O) groups excluding carboxylic acids is 2. The smallest absolute Gasteiger partial charge is 0.265 e. The molecular weight excluding hydrogens is 344 g/mol. The van der Waals surface area contributed by atoms with E-state index in [9.17, 15) is 14.0 Å². The SMILES string of the molecule is O=C1CC(C(=O)Nc2cc(Cl)cc(Cl)c2)Oc2ccc(F)cc21. The molecule has 118 valence electrons. The van der Waals surface area contributed by atoms with Crippen LogP contribution < -0.4 is 10.1 Å². The van der Waals surface area contributed by atoms with E-state index in [0.717, 1.165) is 6.07 Å². The molecule has 0 fully saturated rings. The molecule has 0 radical (unpaired) electrons. The summed E-state index contributed by atoms with van der Waals surface area (Å²) in [4.78, 5) is 24.3. The predicted molar refractivity (Wildman–Crippen MR) is 84.9 cm³/mol. The number of Topliss-reactive ketones (excluding diaryl/α,β-unsaturated/α-hetero) is 1. The molecule has 1 heterocycles. The summed E-state index contributed by atoms with van der Waals surface area (Å²) in [6, 6.07) is 8.19. The van der Waals surface area contributed by atoms with Gasteiger partial charge in [0.25, 0.3) is 5.91 Å². The van der Waals surface area contributed by atoms with E-state index in [1.165, 1.54) is 30.3 Å². The van der Waals surface area contributed by atoms with Crippen molar-refractivity contribution in [3.05, 3.63) is 57.8 Å². The first-order chi connectivity index (χ1) is 10.9. The summed E-state index contributed by atoms with van der Waals surface area (Å²) < 4.78 is 18.7. The van der Waals surface area contributed by atoms with E-state index in [1.54, 1.807) is 0 Å². The topological polar surface area (TPSA) is 55.4 Å². The van der Waals surface area contributed by atoms with Gasteiger partial charge in [0.1, 0.15) is 11.6 Å². The highest BCUT2D eigenvalue weighted by Crippen LogP contribution is 2.29. The van der Waals surface area contributed by atoms with Crippen molar-refractivity contribution >= 4 is 40.6 Å². The normalized spacial score (nSPS) is 16.5. The number of benzene rings is 2. The zero-order chi connectivity index (χ0) is 16.6. The van der Waals surface area contributed by atoms with E-state index in [2.05, 4.69) is 5.32 Å². The molecule has 0 aliphatic carbocycles. The maximum atomic E-state index is 13.2. The molecule has 1 unspecified atom stereocenters. The first-order valence-corrected chi connectivity index (χ1v) is 7.44. The molecule has 23 heavy (non-hydrogen) atoms. The summed E-state index contributed by atoms with van der Waals surface area (Å²) in [5, 5.41) is 3.34. The van der Waals surface area contributed by atoms with E-state index in [0.29, 0.717) is 15.7 Å². The Balaban J connectivity index is 1.79. The van der Waals surface area contributed by atoms with Crippen molar-refractivity contribution in [3.63, 3.8) is 0 Å². The Morgan fingerprint density at radius 2 is 1.87 bits per heavy atom. The third-order valence-corrected chi connectivity index (χ3v) is 3.74. The Labute approximate surface area is 141 Å². The summed E-state index contributed by atoms with van der Waals surface area (Å²) in [7, 11) is 0. The lowest BCUT2D eigenvalue weighted by Crippen LogP contribution is -2.38. The van der Waals surface area contributed by atoms with Crippen molar-refractivity contribution in [1.82, 2.24) is 0 Å². The number of carbonyl (C=O) groups is 2. The molecule has 1 aliphatic rings. The molecule has 0 bridgehead atoms. The number of halogens is 3. The lowest BCUT2D eigenvalue weighted by molar-refractivity contribution is -0.122. The highest BCUT2D eigenvalue weighted by atomic mass is 35.5. The van der Waals surface area contributed by atoms with Crippen molar-refractivity contribution in [1.29, 1.82) is 0 Å². The van der Waals surface area contributed by atoms with Crippen molar-refractivity contribution in [2.24, 2.45) is 0 Å². The van der Waals surface area contributed by atoms with Gasteiger partial charge in [0.2, 0.25) is 0 Å². The fourth-order valence-corrected chi connectivity index (χ4v) is 2.82. The summed E-state index contributed by atoms with van der Waals surface area (Å²) in [6.45, 7) is 0. The Kier molecular flexibility index (Phi) is 4.24. The number of ether oxygens (including phenoxy) is 1. The van der Waals surface area contributed by atoms with Gasteiger partial charge in [0.15, 0.2) is 11.9 Å². The molecule has 1 atom stereocenters. The van der Waals surface area contributed by atoms with Crippen LogP contribution in [0, 0.1) is 5.82 Å². The Bertz CT molecular complexity index is 790. The average Bonchev–Trinajstić information content (AvgIpc) is 2.46. The van der Waals surface area contributed by atoms with E-state index in [4.69, 9.17) is 27.9 Å². The minimum absolute atomic E-state index is 0.139. The van der Waals surface area contributed by atoms with Crippen LogP contribution in [0.15, 0.2) is 36.4 Å². The first-order valence-electron chi connectivity index (χ1n) is 6.69. The maximum Gasteiger partial charge on any atom is 0.265 e. The van der Waals surface area contributed by atoms with Gasteiger partial charge in [-0.15, -0.1) is 0 Å². The first kappa shape index (κ1) is 15.8. The molecule has 2 aromatic rings. The zero-order valence-corrected chi connectivity index (χ0v) is 13.1. The quantitative estimate of drug-likeness (QED) is 0.883. The van der Waals surface area contributed by atoms with Crippen LogP contribution in [0.3, 0.4) is 0 Å². The minimum atomic E-state index is -1.00. The molecule has 2 aromatic carbocycles. The van der Waals surface area contributed by atoms with Gasteiger partial charge in [0, 0.05) is 15.7 Å². The van der Waals surface area contributed by atoms with Gasteiger partial charge in [-0.25, -0.2) is 4.39 Å². The molecule has 1 aliphatic heterocycles. The second-order valence-electron chi connectivity index (χ2n) is 5.02. The van der Waals surface area contributed by atoms with Gasteiger partial charge in [-0.1, -0.05) is 23.2 Å². The molecule has 0 aromatic heterocycles. The van der Waals surface area contributed by atoms with Crippen molar-refractivity contribution in [3.8, 4) is 5.75 Å². The fourth-order valence-electron chi connectivity index (χ4n) is 2.29. The second kappa shape index (κ2) is 6.18. The number of nitrogens with one attached hydrogen (secondary N) is 1. The lowest BCUT2D eigenvalue weighted by Gasteiger charge is -2.24. The number of ketones is 1. The van der Waals surface area contributed by atoms with Crippen molar-refractivity contribution in [2.75, 3.05) is 5.32 Å². The van der Waals surface area contributed by atoms with Crippen LogP contribution >= 0.6 is 23.2 Å². The fraction of sp³-hybridized carbons (Fsp3) is 0.125. The number of hydrogen-bond acceptors (Lipinski definition) is 3. The van der Waals surface area contributed by atoms with Crippen LogP contribution in [0.25, 0.3) is 0 Å². The van der Waals surface area contributed by atoms with Crippen LogP contribution in [0.4, 0.5) is 10.1 Å². The van der Waals surface area contributed by atoms with Gasteiger partial charge in [-0.05, 0) is 36.4 Å². The monoisotopic (exact) mass is 353 g/mol. The third-order valence-electron chi connectivity index (χ3n) is 3.30. The van der Waals surface area contributed by atoms with Gasteiger partial charge in [-0.3, -0.25) is 9.59 Å².